The lowest BCUT2D eigenvalue weighted by Crippen LogP contribution is -2.51. The molecule has 1 aliphatic carbocycles. The van der Waals surface area contributed by atoms with Gasteiger partial charge in [-0.2, -0.15) is 0 Å². The first-order chi connectivity index (χ1) is 6.90. The minimum absolute atomic E-state index is 0.0419. The summed E-state index contributed by atoms with van der Waals surface area (Å²) in [6, 6.07) is 0. The third kappa shape index (κ3) is 3.46. The van der Waals surface area contributed by atoms with Crippen LogP contribution in [0.25, 0.3) is 0 Å². The Bertz CT molecular complexity index is 203. The molecule has 0 amide bonds. The van der Waals surface area contributed by atoms with Crippen LogP contribution in [-0.4, -0.2) is 19.3 Å². The molecule has 0 spiro atoms. The minimum atomic E-state index is 0.0419. The van der Waals surface area contributed by atoms with E-state index in [-0.39, 0.29) is 5.54 Å². The maximum atomic E-state index is 6.56. The van der Waals surface area contributed by atoms with Gasteiger partial charge in [0.1, 0.15) is 0 Å². The molecule has 2 N–H and O–H groups in total. The molecule has 0 radical (unpaired) electrons. The summed E-state index contributed by atoms with van der Waals surface area (Å²) in [7, 11) is 1.76. The molecule has 1 aliphatic rings. The van der Waals surface area contributed by atoms with Crippen molar-refractivity contribution in [2.24, 2.45) is 17.1 Å². The van der Waals surface area contributed by atoms with E-state index in [9.17, 15) is 0 Å². The van der Waals surface area contributed by atoms with Crippen molar-refractivity contribution in [1.82, 2.24) is 0 Å². The summed E-state index contributed by atoms with van der Waals surface area (Å²) in [5.74, 6) is 0.567. The zero-order chi connectivity index (χ0) is 11.5. The van der Waals surface area contributed by atoms with Crippen molar-refractivity contribution in [2.75, 3.05) is 13.7 Å². The third-order valence-corrected chi connectivity index (χ3v) is 4.04. The number of methoxy groups -OCH3 is 1. The first-order valence-corrected chi connectivity index (χ1v) is 6.17. The summed E-state index contributed by atoms with van der Waals surface area (Å²) in [4.78, 5) is 0. The molecule has 2 atom stereocenters. The van der Waals surface area contributed by atoms with E-state index in [0.717, 1.165) is 19.4 Å². The van der Waals surface area contributed by atoms with Gasteiger partial charge in [-0.3, -0.25) is 0 Å². The number of hydrogen-bond donors (Lipinski definition) is 1. The highest BCUT2D eigenvalue weighted by molar-refractivity contribution is 4.97. The van der Waals surface area contributed by atoms with E-state index < -0.39 is 0 Å². The maximum absolute atomic E-state index is 6.56. The molecule has 1 saturated carbocycles. The van der Waals surface area contributed by atoms with Gasteiger partial charge in [-0.15, -0.1) is 0 Å². The molecule has 0 aromatic carbocycles. The van der Waals surface area contributed by atoms with Crippen molar-refractivity contribution in [3.8, 4) is 0 Å². The molecule has 0 bridgehead atoms. The van der Waals surface area contributed by atoms with Crippen LogP contribution >= 0.6 is 0 Å². The van der Waals surface area contributed by atoms with Crippen LogP contribution < -0.4 is 5.73 Å². The molecule has 2 heteroatoms. The van der Waals surface area contributed by atoms with Crippen LogP contribution in [0.2, 0.25) is 0 Å². The van der Waals surface area contributed by atoms with E-state index in [4.69, 9.17) is 10.5 Å². The Kier molecular flexibility index (Phi) is 4.19. The highest BCUT2D eigenvalue weighted by atomic mass is 16.5. The van der Waals surface area contributed by atoms with Gasteiger partial charge in [0.2, 0.25) is 0 Å². The SMILES string of the molecule is COCCC(C)C1(N)CCCC(C)(C)C1. The monoisotopic (exact) mass is 213 g/mol. The van der Waals surface area contributed by atoms with Gasteiger partial charge in [-0.05, 0) is 37.0 Å². The molecule has 0 aromatic rings. The second-order valence-electron chi connectivity index (χ2n) is 6.11. The van der Waals surface area contributed by atoms with Crippen molar-refractivity contribution >= 4 is 0 Å². The normalized spacial score (nSPS) is 32.6. The molecule has 2 unspecified atom stereocenters. The lowest BCUT2D eigenvalue weighted by Gasteiger charge is -2.46. The lowest BCUT2D eigenvalue weighted by molar-refractivity contribution is 0.0855. The van der Waals surface area contributed by atoms with Gasteiger partial charge in [0, 0.05) is 19.3 Å². The van der Waals surface area contributed by atoms with Crippen molar-refractivity contribution in [1.29, 1.82) is 0 Å². The van der Waals surface area contributed by atoms with Gasteiger partial charge in [0.15, 0.2) is 0 Å². The van der Waals surface area contributed by atoms with Gasteiger partial charge in [-0.1, -0.05) is 27.2 Å². The molecular formula is C13H27NO. The largest absolute Gasteiger partial charge is 0.385 e. The van der Waals surface area contributed by atoms with E-state index in [0.29, 0.717) is 11.3 Å². The Morgan fingerprint density at radius 1 is 1.33 bits per heavy atom. The van der Waals surface area contributed by atoms with Crippen molar-refractivity contribution < 1.29 is 4.74 Å². The Morgan fingerprint density at radius 3 is 2.53 bits per heavy atom. The zero-order valence-electron chi connectivity index (χ0n) is 10.8. The molecule has 0 aliphatic heterocycles. The number of hydrogen-bond acceptors (Lipinski definition) is 2. The van der Waals surface area contributed by atoms with E-state index in [1.54, 1.807) is 7.11 Å². The molecule has 0 heterocycles. The highest BCUT2D eigenvalue weighted by Gasteiger charge is 2.40. The van der Waals surface area contributed by atoms with Crippen LogP contribution in [0, 0.1) is 11.3 Å². The van der Waals surface area contributed by atoms with E-state index in [2.05, 4.69) is 20.8 Å². The van der Waals surface area contributed by atoms with Crippen LogP contribution in [0.1, 0.15) is 52.9 Å². The Balaban J connectivity index is 2.56. The summed E-state index contributed by atoms with van der Waals surface area (Å²) in [6.45, 7) is 7.80. The fraction of sp³-hybridized carbons (Fsp3) is 1.00. The van der Waals surface area contributed by atoms with Crippen LogP contribution in [0.15, 0.2) is 0 Å². The average molecular weight is 213 g/mol. The first kappa shape index (κ1) is 13.0. The van der Waals surface area contributed by atoms with E-state index in [1.165, 1.54) is 19.3 Å². The average Bonchev–Trinajstić information content (AvgIpc) is 2.12. The predicted molar refractivity (Wildman–Crippen MR) is 64.8 cm³/mol. The maximum Gasteiger partial charge on any atom is 0.0465 e. The van der Waals surface area contributed by atoms with Gasteiger partial charge in [0.05, 0.1) is 0 Å². The summed E-state index contributed by atoms with van der Waals surface area (Å²) >= 11 is 0. The standard InChI is InChI=1S/C13H27NO/c1-11(6-9-15-4)13(14)8-5-7-12(2,3)10-13/h11H,5-10,14H2,1-4H3. The van der Waals surface area contributed by atoms with E-state index in [1.807, 2.05) is 0 Å². The third-order valence-electron chi connectivity index (χ3n) is 4.04. The number of rotatable bonds is 4. The minimum Gasteiger partial charge on any atom is -0.385 e. The smallest absolute Gasteiger partial charge is 0.0465 e. The Morgan fingerprint density at radius 2 is 2.00 bits per heavy atom. The van der Waals surface area contributed by atoms with Gasteiger partial charge in [-0.25, -0.2) is 0 Å². The van der Waals surface area contributed by atoms with Crippen LogP contribution in [0.4, 0.5) is 0 Å². The van der Waals surface area contributed by atoms with Crippen molar-refractivity contribution in [3.05, 3.63) is 0 Å². The second kappa shape index (κ2) is 4.84. The molecule has 2 nitrogen and oxygen atoms in total. The summed E-state index contributed by atoms with van der Waals surface area (Å²) in [6.07, 6.45) is 6.03. The quantitative estimate of drug-likeness (QED) is 0.779. The van der Waals surface area contributed by atoms with Crippen LogP contribution in [0.5, 0.6) is 0 Å². The molecule has 1 rings (SSSR count). The van der Waals surface area contributed by atoms with Crippen molar-refractivity contribution in [3.63, 3.8) is 0 Å². The molecule has 0 saturated heterocycles. The molecule has 1 fully saturated rings. The van der Waals surface area contributed by atoms with Crippen molar-refractivity contribution in [2.45, 2.75) is 58.4 Å². The lowest BCUT2D eigenvalue weighted by atomic mass is 9.64. The molecule has 0 aromatic heterocycles. The fourth-order valence-electron chi connectivity index (χ4n) is 2.97. The topological polar surface area (TPSA) is 35.2 Å². The molecular weight excluding hydrogens is 186 g/mol. The Labute approximate surface area is 94.6 Å². The fourth-order valence-corrected chi connectivity index (χ4v) is 2.97. The second-order valence-corrected chi connectivity index (χ2v) is 6.11. The summed E-state index contributed by atoms with van der Waals surface area (Å²) in [5, 5.41) is 0. The highest BCUT2D eigenvalue weighted by Crippen LogP contribution is 2.43. The number of nitrogens with two attached hydrogens (primary N) is 1. The van der Waals surface area contributed by atoms with Gasteiger partial charge in [0.25, 0.3) is 0 Å². The molecule has 15 heavy (non-hydrogen) atoms. The summed E-state index contributed by atoms with van der Waals surface area (Å²) < 4.78 is 5.14. The predicted octanol–water partition coefficient (Wildman–Crippen LogP) is 2.96. The molecule has 90 valence electrons. The van der Waals surface area contributed by atoms with Gasteiger partial charge < -0.3 is 10.5 Å². The zero-order valence-corrected chi connectivity index (χ0v) is 10.8. The van der Waals surface area contributed by atoms with E-state index >= 15 is 0 Å². The number of ether oxygens (including phenoxy) is 1. The van der Waals surface area contributed by atoms with Crippen LogP contribution in [0.3, 0.4) is 0 Å². The first-order valence-electron chi connectivity index (χ1n) is 6.17. The van der Waals surface area contributed by atoms with Crippen LogP contribution in [-0.2, 0) is 4.74 Å². The van der Waals surface area contributed by atoms with Gasteiger partial charge >= 0.3 is 0 Å². The Hall–Kier alpha value is -0.0800. The summed E-state index contributed by atoms with van der Waals surface area (Å²) in [5.41, 5.74) is 7.03.